The van der Waals surface area contributed by atoms with E-state index in [4.69, 9.17) is 0 Å². The van der Waals surface area contributed by atoms with Crippen LogP contribution in [0.1, 0.15) is 25.0 Å². The van der Waals surface area contributed by atoms with Crippen LogP contribution in [-0.2, 0) is 15.3 Å². The standard InChI is InChI=1S/C17H17N3O2/c1-11(21)19-17(20-12(2)22)13-7-3-5-9-15(13)18-16-10-6-4-8-14(16)17/h3-10,18H,1-2H3,(H,19,21)(H,20,22). The average Bonchev–Trinajstić information content (AvgIpc) is 2.46. The van der Waals surface area contributed by atoms with Gasteiger partial charge in [-0.05, 0) is 12.1 Å². The molecule has 2 aromatic rings. The van der Waals surface area contributed by atoms with Gasteiger partial charge in [-0.25, -0.2) is 0 Å². The van der Waals surface area contributed by atoms with E-state index in [1.54, 1.807) is 0 Å². The molecule has 5 heteroatoms. The van der Waals surface area contributed by atoms with Gasteiger partial charge in [0.25, 0.3) is 0 Å². The average molecular weight is 295 g/mol. The molecule has 1 heterocycles. The molecule has 0 saturated heterocycles. The van der Waals surface area contributed by atoms with Gasteiger partial charge < -0.3 is 16.0 Å². The Kier molecular flexibility index (Phi) is 3.33. The second-order valence-electron chi connectivity index (χ2n) is 5.33. The van der Waals surface area contributed by atoms with Crippen molar-refractivity contribution in [3.8, 4) is 0 Å². The van der Waals surface area contributed by atoms with Gasteiger partial charge >= 0.3 is 0 Å². The summed E-state index contributed by atoms with van der Waals surface area (Å²) in [6.07, 6.45) is 0. The van der Waals surface area contributed by atoms with E-state index >= 15 is 0 Å². The molecule has 22 heavy (non-hydrogen) atoms. The van der Waals surface area contributed by atoms with Crippen LogP contribution in [0.3, 0.4) is 0 Å². The molecule has 0 bridgehead atoms. The molecule has 0 saturated carbocycles. The number of nitrogens with one attached hydrogen (secondary N) is 3. The zero-order chi connectivity index (χ0) is 15.7. The summed E-state index contributed by atoms with van der Waals surface area (Å²) < 4.78 is 0. The Morgan fingerprint density at radius 1 is 0.818 bits per heavy atom. The first-order chi connectivity index (χ1) is 10.5. The Morgan fingerprint density at radius 2 is 1.23 bits per heavy atom. The zero-order valence-electron chi connectivity index (χ0n) is 12.4. The molecule has 0 aromatic heterocycles. The van der Waals surface area contributed by atoms with E-state index < -0.39 is 5.66 Å². The molecule has 0 radical (unpaired) electrons. The van der Waals surface area contributed by atoms with Crippen LogP contribution in [0, 0.1) is 0 Å². The molecule has 0 unspecified atom stereocenters. The molecule has 0 aliphatic carbocycles. The maximum absolute atomic E-state index is 11.8. The lowest BCUT2D eigenvalue weighted by molar-refractivity contribution is -0.124. The lowest BCUT2D eigenvalue weighted by atomic mass is 9.85. The highest BCUT2D eigenvalue weighted by Crippen LogP contribution is 2.42. The SMILES string of the molecule is CC(=O)NC1(NC(C)=O)c2ccccc2Nc2ccccc21. The van der Waals surface area contributed by atoms with Gasteiger partial charge in [-0.15, -0.1) is 0 Å². The third kappa shape index (κ3) is 2.20. The van der Waals surface area contributed by atoms with Crippen molar-refractivity contribution in [1.29, 1.82) is 0 Å². The van der Waals surface area contributed by atoms with Crippen LogP contribution in [0.25, 0.3) is 0 Å². The van der Waals surface area contributed by atoms with Crippen LogP contribution < -0.4 is 16.0 Å². The maximum atomic E-state index is 11.8. The Bertz CT molecular complexity index is 692. The third-order valence-corrected chi connectivity index (χ3v) is 3.66. The van der Waals surface area contributed by atoms with Crippen molar-refractivity contribution in [2.45, 2.75) is 19.5 Å². The summed E-state index contributed by atoms with van der Waals surface area (Å²) in [5, 5.41) is 9.20. The number of fused-ring (bicyclic) bond motifs is 2. The maximum Gasteiger partial charge on any atom is 0.219 e. The van der Waals surface area contributed by atoms with E-state index in [9.17, 15) is 9.59 Å². The Hall–Kier alpha value is -2.82. The number of benzene rings is 2. The highest BCUT2D eigenvalue weighted by atomic mass is 16.2. The van der Waals surface area contributed by atoms with Gasteiger partial charge in [-0.2, -0.15) is 0 Å². The molecule has 1 aliphatic heterocycles. The number of amides is 2. The van der Waals surface area contributed by atoms with Crippen LogP contribution in [0.15, 0.2) is 48.5 Å². The summed E-state index contributed by atoms with van der Waals surface area (Å²) in [6, 6.07) is 15.2. The topological polar surface area (TPSA) is 70.2 Å². The largest absolute Gasteiger partial charge is 0.355 e. The number of rotatable bonds is 2. The van der Waals surface area contributed by atoms with Gasteiger partial charge in [0.05, 0.1) is 0 Å². The van der Waals surface area contributed by atoms with Crippen molar-refractivity contribution in [1.82, 2.24) is 10.6 Å². The fourth-order valence-corrected chi connectivity index (χ4v) is 2.96. The molecule has 1 aliphatic rings. The fourth-order valence-electron chi connectivity index (χ4n) is 2.96. The lowest BCUT2D eigenvalue weighted by Crippen LogP contribution is -2.59. The summed E-state index contributed by atoms with van der Waals surface area (Å²) >= 11 is 0. The molecule has 2 amide bonds. The number of carbonyl (C=O) groups excluding carboxylic acids is 2. The predicted octanol–water partition coefficient (Wildman–Crippen LogP) is 2.22. The molecule has 0 spiro atoms. The van der Waals surface area contributed by atoms with Crippen molar-refractivity contribution in [2.24, 2.45) is 0 Å². The van der Waals surface area contributed by atoms with E-state index in [-0.39, 0.29) is 11.8 Å². The van der Waals surface area contributed by atoms with Crippen LogP contribution in [0.2, 0.25) is 0 Å². The quantitative estimate of drug-likeness (QED) is 0.744. The van der Waals surface area contributed by atoms with Gasteiger partial charge in [0.15, 0.2) is 5.66 Å². The van der Waals surface area contributed by atoms with E-state index in [1.165, 1.54) is 13.8 Å². The second kappa shape index (κ2) is 5.18. The van der Waals surface area contributed by atoms with Gasteiger partial charge in [0.2, 0.25) is 11.8 Å². The normalized spacial score (nSPS) is 14.1. The second-order valence-corrected chi connectivity index (χ2v) is 5.33. The molecule has 0 atom stereocenters. The predicted molar refractivity (Wildman–Crippen MR) is 84.6 cm³/mol. The summed E-state index contributed by atoms with van der Waals surface area (Å²) in [4.78, 5) is 23.7. The van der Waals surface area contributed by atoms with Crippen LogP contribution in [-0.4, -0.2) is 11.8 Å². The van der Waals surface area contributed by atoms with Crippen molar-refractivity contribution < 1.29 is 9.59 Å². The van der Waals surface area contributed by atoms with Gasteiger partial charge in [0.1, 0.15) is 0 Å². The monoisotopic (exact) mass is 295 g/mol. The third-order valence-electron chi connectivity index (χ3n) is 3.66. The lowest BCUT2D eigenvalue weighted by Gasteiger charge is -2.41. The zero-order valence-corrected chi connectivity index (χ0v) is 12.4. The first-order valence-electron chi connectivity index (χ1n) is 7.06. The Labute approximate surface area is 128 Å². The van der Waals surface area contributed by atoms with Crippen LogP contribution >= 0.6 is 0 Å². The summed E-state index contributed by atoms with van der Waals surface area (Å²) in [5.74, 6) is -0.444. The minimum Gasteiger partial charge on any atom is -0.355 e. The minimum atomic E-state index is -1.07. The number of anilines is 2. The Balaban J connectivity index is 2.30. The van der Waals surface area contributed by atoms with Gasteiger partial charge in [0, 0.05) is 36.3 Å². The molecule has 2 aromatic carbocycles. The highest BCUT2D eigenvalue weighted by Gasteiger charge is 2.42. The van der Waals surface area contributed by atoms with Crippen LogP contribution in [0.4, 0.5) is 11.4 Å². The number of hydrogen-bond acceptors (Lipinski definition) is 3. The Morgan fingerprint density at radius 3 is 1.64 bits per heavy atom. The molecule has 3 N–H and O–H groups in total. The smallest absolute Gasteiger partial charge is 0.219 e. The van der Waals surface area contributed by atoms with E-state index in [1.807, 2.05) is 48.5 Å². The van der Waals surface area contributed by atoms with Gasteiger partial charge in [-0.3, -0.25) is 9.59 Å². The summed E-state index contributed by atoms with van der Waals surface area (Å²) in [5.41, 5.74) is 2.24. The van der Waals surface area contributed by atoms with Crippen molar-refractivity contribution in [3.05, 3.63) is 59.7 Å². The first kappa shape index (κ1) is 14.1. The van der Waals surface area contributed by atoms with E-state index in [0.717, 1.165) is 22.5 Å². The number of para-hydroxylation sites is 2. The fraction of sp³-hybridized carbons (Fsp3) is 0.176. The van der Waals surface area contributed by atoms with E-state index in [0.29, 0.717) is 0 Å². The molecular formula is C17H17N3O2. The minimum absolute atomic E-state index is 0.222. The van der Waals surface area contributed by atoms with Crippen molar-refractivity contribution >= 4 is 23.2 Å². The number of carbonyl (C=O) groups is 2. The first-order valence-corrected chi connectivity index (χ1v) is 7.06. The van der Waals surface area contributed by atoms with E-state index in [2.05, 4.69) is 16.0 Å². The highest BCUT2D eigenvalue weighted by molar-refractivity contribution is 5.84. The summed E-state index contributed by atoms with van der Waals surface area (Å²) in [7, 11) is 0. The molecule has 3 rings (SSSR count). The van der Waals surface area contributed by atoms with Crippen LogP contribution in [0.5, 0.6) is 0 Å². The molecule has 5 nitrogen and oxygen atoms in total. The van der Waals surface area contributed by atoms with Crippen molar-refractivity contribution in [3.63, 3.8) is 0 Å². The molecule has 0 fully saturated rings. The molecular weight excluding hydrogens is 278 g/mol. The summed E-state index contributed by atoms with van der Waals surface area (Å²) in [6.45, 7) is 2.88. The van der Waals surface area contributed by atoms with Gasteiger partial charge in [-0.1, -0.05) is 36.4 Å². The number of hydrogen-bond donors (Lipinski definition) is 3. The molecule has 112 valence electrons. The van der Waals surface area contributed by atoms with Crippen molar-refractivity contribution in [2.75, 3.05) is 5.32 Å².